The molecule has 10 heteroatoms. The maximum Gasteiger partial charge on any atom is 0.220 e. The van der Waals surface area contributed by atoms with Gasteiger partial charge in [-0.05, 0) is 69.6 Å². The van der Waals surface area contributed by atoms with Crippen LogP contribution in [0.25, 0.3) is 10.2 Å². The molecule has 1 atom stereocenters. The number of aldehydes is 1. The normalized spacial score (nSPS) is 13.9. The van der Waals surface area contributed by atoms with E-state index in [2.05, 4.69) is 52.6 Å². The summed E-state index contributed by atoms with van der Waals surface area (Å²) in [4.78, 5) is 39.0. The second-order valence-corrected chi connectivity index (χ2v) is 11.1. The highest BCUT2D eigenvalue weighted by Gasteiger charge is 2.25. The molecule has 1 aliphatic heterocycles. The summed E-state index contributed by atoms with van der Waals surface area (Å²) in [6, 6.07) is 6.61. The molecule has 0 aliphatic carbocycles. The smallest absolute Gasteiger partial charge is 0.220 e. The number of hydrogen-bond acceptors (Lipinski definition) is 8. The fraction of sp³-hybridized carbons (Fsp3) is 0.600. The molecule has 3 N–H and O–H groups in total. The van der Waals surface area contributed by atoms with Gasteiger partial charge in [-0.3, -0.25) is 14.4 Å². The van der Waals surface area contributed by atoms with E-state index in [0.717, 1.165) is 55.8 Å². The number of hydrogen-bond donors (Lipinski definition) is 3. The topological polar surface area (TPSA) is 113 Å². The van der Waals surface area contributed by atoms with Gasteiger partial charge in [-0.25, -0.2) is 4.98 Å². The van der Waals surface area contributed by atoms with E-state index in [4.69, 9.17) is 4.74 Å². The van der Waals surface area contributed by atoms with E-state index in [9.17, 15) is 14.4 Å². The van der Waals surface area contributed by atoms with Gasteiger partial charge in [-0.2, -0.15) is 0 Å². The number of nitrogens with one attached hydrogen (secondary N) is 3. The Morgan fingerprint density at radius 1 is 1.20 bits per heavy atom. The Hall–Kier alpha value is -2.66. The number of rotatable bonds is 12. The lowest BCUT2D eigenvalue weighted by Crippen LogP contribution is -2.47. The number of fused-ring (bicyclic) bond motifs is 1. The molecule has 1 fully saturated rings. The summed E-state index contributed by atoms with van der Waals surface area (Å²) in [5.74, 6) is 0.704. The molecule has 0 radical (unpaired) electrons. The zero-order valence-electron chi connectivity index (χ0n) is 25.2. The van der Waals surface area contributed by atoms with Crippen LogP contribution >= 0.6 is 11.3 Å². The van der Waals surface area contributed by atoms with Crippen molar-refractivity contribution in [2.75, 3.05) is 54.5 Å². The van der Waals surface area contributed by atoms with E-state index in [1.807, 2.05) is 33.0 Å². The van der Waals surface area contributed by atoms with Crippen molar-refractivity contribution in [2.45, 2.75) is 58.4 Å². The molecule has 3 rings (SSSR count). The number of carbonyl (C=O) groups excluding carboxylic acids is 3. The van der Waals surface area contributed by atoms with E-state index < -0.39 is 0 Å². The van der Waals surface area contributed by atoms with E-state index in [-0.39, 0.29) is 17.9 Å². The molecule has 2 heterocycles. The van der Waals surface area contributed by atoms with Gasteiger partial charge in [0.15, 0.2) is 0 Å². The van der Waals surface area contributed by atoms with Crippen molar-refractivity contribution in [2.24, 2.45) is 5.92 Å². The zero-order chi connectivity index (χ0) is 29.9. The van der Waals surface area contributed by atoms with Crippen LogP contribution in [0.1, 0.15) is 50.1 Å². The van der Waals surface area contributed by atoms with Crippen molar-refractivity contribution < 1.29 is 19.1 Å². The molecule has 1 aromatic carbocycles. The van der Waals surface area contributed by atoms with Crippen molar-refractivity contribution in [1.29, 1.82) is 0 Å². The minimum Gasteiger partial charge on any atom is -0.381 e. The standard InChI is InChI=1S/C20H29N3O2S.C6H11NO.C4H9NO/c1-3-14-4-5-16-18(12-14)26-20(23-16)7-6-19(24)22-17(13-21-2)15-8-10-25-11-9-15;1-6(5-8)4-7(2)3;1-3-4(6)5-2/h4-5,12,15,17,21H,3,6-11,13H2,1-2H3,(H,22,24);5H,1,4H2,2-3H3;3H2,1-2H3,(H,5,6). The molecule has 9 nitrogen and oxygen atoms in total. The van der Waals surface area contributed by atoms with Crippen LogP contribution in [0.5, 0.6) is 0 Å². The summed E-state index contributed by atoms with van der Waals surface area (Å²) in [7, 11) is 7.36. The molecular weight excluding hydrogens is 526 g/mol. The van der Waals surface area contributed by atoms with Crippen molar-refractivity contribution >= 4 is 39.7 Å². The van der Waals surface area contributed by atoms with Gasteiger partial charge in [-0.15, -0.1) is 11.3 Å². The molecule has 0 bridgehead atoms. The summed E-state index contributed by atoms with van der Waals surface area (Å²) in [6.07, 6.45) is 5.62. The monoisotopic (exact) mass is 575 g/mol. The lowest BCUT2D eigenvalue weighted by atomic mass is 9.91. The third kappa shape index (κ3) is 14.1. The SMILES string of the molecule is C=C(C=O)CN(C)C.CCC(=O)NC.CCc1ccc2nc(CCC(=O)NC(CNC)C3CCOCC3)sc2c1. The first kappa shape index (κ1) is 35.4. The van der Waals surface area contributed by atoms with Crippen molar-refractivity contribution in [3.8, 4) is 0 Å². The highest BCUT2D eigenvalue weighted by atomic mass is 32.1. The van der Waals surface area contributed by atoms with Gasteiger partial charge < -0.3 is 25.6 Å². The third-order valence-corrected chi connectivity index (χ3v) is 7.44. The van der Waals surface area contributed by atoms with E-state index >= 15 is 0 Å². The van der Waals surface area contributed by atoms with Crippen LogP contribution < -0.4 is 16.0 Å². The van der Waals surface area contributed by atoms with E-state index in [1.165, 1.54) is 10.3 Å². The maximum atomic E-state index is 12.5. The van der Waals surface area contributed by atoms with E-state index in [1.54, 1.807) is 18.4 Å². The Bertz CT molecular complexity index is 1040. The third-order valence-electron chi connectivity index (χ3n) is 6.36. The molecule has 1 saturated heterocycles. The minimum atomic E-state index is 0.0926. The summed E-state index contributed by atoms with van der Waals surface area (Å²) < 4.78 is 6.66. The van der Waals surface area contributed by atoms with Crippen molar-refractivity contribution in [1.82, 2.24) is 25.8 Å². The molecule has 2 aromatic rings. The average molecular weight is 576 g/mol. The maximum absolute atomic E-state index is 12.5. The number of aromatic nitrogens is 1. The fourth-order valence-electron chi connectivity index (χ4n) is 4.14. The lowest BCUT2D eigenvalue weighted by molar-refractivity contribution is -0.122. The largest absolute Gasteiger partial charge is 0.381 e. The molecule has 1 aromatic heterocycles. The zero-order valence-corrected chi connectivity index (χ0v) is 26.0. The molecule has 40 heavy (non-hydrogen) atoms. The molecule has 0 spiro atoms. The quantitative estimate of drug-likeness (QED) is 0.263. The lowest BCUT2D eigenvalue weighted by Gasteiger charge is -2.31. The number of benzene rings is 1. The van der Waals surface area contributed by atoms with Crippen LogP contribution in [0.15, 0.2) is 30.4 Å². The fourth-order valence-corrected chi connectivity index (χ4v) is 5.17. The van der Waals surface area contributed by atoms with Gasteiger partial charge in [0, 0.05) is 58.7 Å². The highest BCUT2D eigenvalue weighted by Crippen LogP contribution is 2.24. The Morgan fingerprint density at radius 2 is 1.90 bits per heavy atom. The number of carbonyl (C=O) groups is 3. The number of likely N-dealkylation sites (N-methyl/N-ethyl adjacent to an activating group) is 2. The Morgan fingerprint density at radius 3 is 2.40 bits per heavy atom. The molecule has 2 amide bonds. The van der Waals surface area contributed by atoms with Crippen LogP contribution in [0.2, 0.25) is 0 Å². The predicted molar refractivity (Wildman–Crippen MR) is 165 cm³/mol. The number of ether oxygens (including phenoxy) is 1. The van der Waals surface area contributed by atoms with Crippen LogP contribution in [-0.2, 0) is 32.0 Å². The van der Waals surface area contributed by atoms with Gasteiger partial charge >= 0.3 is 0 Å². The summed E-state index contributed by atoms with van der Waals surface area (Å²) >= 11 is 1.71. The van der Waals surface area contributed by atoms with Crippen LogP contribution in [0, 0.1) is 5.92 Å². The predicted octanol–water partition coefficient (Wildman–Crippen LogP) is 3.37. The second-order valence-electron chi connectivity index (χ2n) is 9.99. The molecule has 224 valence electrons. The first-order valence-electron chi connectivity index (χ1n) is 14.0. The number of thiazole rings is 1. The van der Waals surface area contributed by atoms with Gasteiger partial charge in [0.05, 0.1) is 15.2 Å². The molecule has 0 saturated carbocycles. The second kappa shape index (κ2) is 20.3. The van der Waals surface area contributed by atoms with Gasteiger partial charge in [0.2, 0.25) is 11.8 Å². The van der Waals surface area contributed by atoms with Crippen LogP contribution in [-0.4, -0.2) is 88.5 Å². The summed E-state index contributed by atoms with van der Waals surface area (Å²) in [5.41, 5.74) is 2.99. The highest BCUT2D eigenvalue weighted by molar-refractivity contribution is 7.18. The average Bonchev–Trinajstić information content (AvgIpc) is 3.38. The van der Waals surface area contributed by atoms with E-state index in [0.29, 0.717) is 37.3 Å². The van der Waals surface area contributed by atoms with Gasteiger partial charge in [0.25, 0.3) is 0 Å². The first-order valence-corrected chi connectivity index (χ1v) is 14.9. The number of amides is 2. The molecular formula is C30H49N5O4S. The van der Waals surface area contributed by atoms with Gasteiger partial charge in [-0.1, -0.05) is 26.5 Å². The Balaban J connectivity index is 0.000000473. The van der Waals surface area contributed by atoms with Crippen LogP contribution in [0.3, 0.4) is 0 Å². The number of aryl methyl sites for hydroxylation is 2. The first-order chi connectivity index (χ1) is 19.2. The molecule has 1 aliphatic rings. The summed E-state index contributed by atoms with van der Waals surface area (Å²) in [6.45, 7) is 10.5. The minimum absolute atomic E-state index is 0.0926. The van der Waals surface area contributed by atoms with Crippen molar-refractivity contribution in [3.63, 3.8) is 0 Å². The van der Waals surface area contributed by atoms with Crippen molar-refractivity contribution in [3.05, 3.63) is 40.9 Å². The van der Waals surface area contributed by atoms with Crippen LogP contribution in [0.4, 0.5) is 0 Å². The summed E-state index contributed by atoms with van der Waals surface area (Å²) in [5, 5.41) is 9.95. The molecule has 1 unspecified atom stereocenters. The number of nitrogens with zero attached hydrogens (tertiary/aromatic N) is 2. The van der Waals surface area contributed by atoms with Gasteiger partial charge in [0.1, 0.15) is 6.29 Å². The Labute approximate surface area is 244 Å². The Kier molecular flexibility index (Phi) is 17.9.